The third kappa shape index (κ3) is 6.58. The Morgan fingerprint density at radius 1 is 1.46 bits per heavy atom. The predicted octanol–water partition coefficient (Wildman–Crippen LogP) is 1.13. The number of nitrogens with one attached hydrogen (secondary N) is 1. The van der Waals surface area contributed by atoms with Crippen LogP contribution in [-0.2, 0) is 4.79 Å². The minimum Gasteiger partial charge on any atom is -0.356 e. The fourth-order valence-corrected chi connectivity index (χ4v) is 0.853. The zero-order valence-corrected chi connectivity index (χ0v) is 9.18. The molecular formula is C10H22N2O. The summed E-state index contributed by atoms with van der Waals surface area (Å²) in [5.41, 5.74) is 5.55. The molecule has 0 fully saturated rings. The Bertz CT molecular complexity index is 164. The molecule has 0 aromatic heterocycles. The van der Waals surface area contributed by atoms with Crippen LogP contribution in [0.25, 0.3) is 0 Å². The summed E-state index contributed by atoms with van der Waals surface area (Å²) in [6, 6.07) is 0. The topological polar surface area (TPSA) is 55.1 Å². The van der Waals surface area contributed by atoms with Gasteiger partial charge in [-0.15, -0.1) is 0 Å². The molecule has 0 heterocycles. The van der Waals surface area contributed by atoms with Crippen molar-refractivity contribution in [2.24, 2.45) is 17.1 Å². The Hall–Kier alpha value is -0.570. The number of carbonyl (C=O) groups is 1. The van der Waals surface area contributed by atoms with Crippen LogP contribution in [0, 0.1) is 11.3 Å². The molecule has 0 spiro atoms. The number of hydrogen-bond acceptors (Lipinski definition) is 2. The lowest BCUT2D eigenvalue weighted by Crippen LogP contribution is -2.38. The van der Waals surface area contributed by atoms with Gasteiger partial charge in [-0.05, 0) is 17.9 Å². The molecule has 0 saturated carbocycles. The second-order valence-electron chi connectivity index (χ2n) is 4.74. The predicted molar refractivity (Wildman–Crippen MR) is 55.3 cm³/mol. The largest absolute Gasteiger partial charge is 0.356 e. The van der Waals surface area contributed by atoms with Crippen LogP contribution in [0.15, 0.2) is 0 Å². The number of carbonyl (C=O) groups excluding carboxylic acids is 1. The molecule has 0 aliphatic rings. The van der Waals surface area contributed by atoms with Crippen molar-refractivity contribution in [2.45, 2.75) is 34.1 Å². The van der Waals surface area contributed by atoms with Crippen LogP contribution in [0.2, 0.25) is 0 Å². The van der Waals surface area contributed by atoms with Gasteiger partial charge >= 0.3 is 0 Å². The van der Waals surface area contributed by atoms with E-state index in [0.29, 0.717) is 25.4 Å². The van der Waals surface area contributed by atoms with Gasteiger partial charge in [0, 0.05) is 13.0 Å². The maximum atomic E-state index is 11.3. The summed E-state index contributed by atoms with van der Waals surface area (Å²) in [5.74, 6) is 0.539. The Balaban J connectivity index is 3.70. The molecule has 0 bridgehead atoms. The molecule has 0 rings (SSSR count). The van der Waals surface area contributed by atoms with E-state index in [2.05, 4.69) is 5.32 Å². The van der Waals surface area contributed by atoms with Crippen LogP contribution in [0.1, 0.15) is 34.1 Å². The minimum atomic E-state index is 0.00659. The van der Waals surface area contributed by atoms with Crippen molar-refractivity contribution in [2.75, 3.05) is 13.1 Å². The summed E-state index contributed by atoms with van der Waals surface area (Å²) in [6.45, 7) is 9.41. The van der Waals surface area contributed by atoms with Crippen molar-refractivity contribution in [3.63, 3.8) is 0 Å². The summed E-state index contributed by atoms with van der Waals surface area (Å²) >= 11 is 0. The lowest BCUT2D eigenvalue weighted by Gasteiger charge is -2.22. The quantitative estimate of drug-likeness (QED) is 0.676. The van der Waals surface area contributed by atoms with Gasteiger partial charge in [0.25, 0.3) is 0 Å². The van der Waals surface area contributed by atoms with E-state index in [4.69, 9.17) is 5.73 Å². The highest BCUT2D eigenvalue weighted by Gasteiger charge is 2.16. The van der Waals surface area contributed by atoms with E-state index in [1.807, 2.05) is 27.7 Å². The molecule has 1 amide bonds. The Morgan fingerprint density at radius 3 is 2.38 bits per heavy atom. The Labute approximate surface area is 81.1 Å². The summed E-state index contributed by atoms with van der Waals surface area (Å²) in [5, 5.41) is 2.89. The van der Waals surface area contributed by atoms with E-state index in [1.165, 1.54) is 0 Å². The molecule has 0 aromatic rings. The molecule has 0 aromatic carbocycles. The monoisotopic (exact) mass is 186 g/mol. The summed E-state index contributed by atoms with van der Waals surface area (Å²) in [4.78, 5) is 11.3. The summed E-state index contributed by atoms with van der Waals surface area (Å²) in [6.07, 6.45) is 0.598. The maximum Gasteiger partial charge on any atom is 0.220 e. The smallest absolute Gasteiger partial charge is 0.220 e. The molecule has 0 unspecified atom stereocenters. The highest BCUT2D eigenvalue weighted by molar-refractivity contribution is 5.76. The molecule has 0 atom stereocenters. The first-order valence-electron chi connectivity index (χ1n) is 4.84. The number of amides is 1. The summed E-state index contributed by atoms with van der Waals surface area (Å²) in [7, 11) is 0. The van der Waals surface area contributed by atoms with E-state index in [1.54, 1.807) is 0 Å². The lowest BCUT2D eigenvalue weighted by molar-refractivity contribution is -0.122. The third-order valence-corrected chi connectivity index (χ3v) is 1.91. The highest BCUT2D eigenvalue weighted by Crippen LogP contribution is 2.10. The molecule has 3 N–H and O–H groups in total. The molecule has 78 valence electrons. The van der Waals surface area contributed by atoms with Crippen LogP contribution >= 0.6 is 0 Å². The van der Waals surface area contributed by atoms with Gasteiger partial charge in [0.2, 0.25) is 5.91 Å². The minimum absolute atomic E-state index is 0.00659. The van der Waals surface area contributed by atoms with Crippen LogP contribution in [-0.4, -0.2) is 19.0 Å². The molecule has 0 aliphatic heterocycles. The highest BCUT2D eigenvalue weighted by atomic mass is 16.1. The SMILES string of the molecule is CC(C)CC(=O)NCC(C)(C)CN. The molecule has 0 saturated heterocycles. The first kappa shape index (κ1) is 12.4. The van der Waals surface area contributed by atoms with Crippen molar-refractivity contribution in [3.05, 3.63) is 0 Å². The number of nitrogens with two attached hydrogens (primary N) is 1. The van der Waals surface area contributed by atoms with Crippen molar-refractivity contribution in [1.29, 1.82) is 0 Å². The van der Waals surface area contributed by atoms with Crippen LogP contribution in [0.4, 0.5) is 0 Å². The van der Waals surface area contributed by atoms with E-state index >= 15 is 0 Å². The van der Waals surface area contributed by atoms with Crippen LogP contribution < -0.4 is 11.1 Å². The first-order valence-corrected chi connectivity index (χ1v) is 4.84. The van der Waals surface area contributed by atoms with Gasteiger partial charge in [0.1, 0.15) is 0 Å². The fourth-order valence-electron chi connectivity index (χ4n) is 0.853. The Morgan fingerprint density at radius 2 is 2.00 bits per heavy atom. The second-order valence-corrected chi connectivity index (χ2v) is 4.74. The second kappa shape index (κ2) is 5.22. The van der Waals surface area contributed by atoms with Gasteiger partial charge in [0.15, 0.2) is 0 Å². The average molecular weight is 186 g/mol. The van der Waals surface area contributed by atoms with Crippen molar-refractivity contribution >= 4 is 5.91 Å². The van der Waals surface area contributed by atoms with E-state index < -0.39 is 0 Å². The number of hydrogen-bond donors (Lipinski definition) is 2. The summed E-state index contributed by atoms with van der Waals surface area (Å²) < 4.78 is 0. The average Bonchev–Trinajstić information content (AvgIpc) is 2.00. The first-order chi connectivity index (χ1) is 5.87. The molecule has 3 heteroatoms. The van der Waals surface area contributed by atoms with Crippen molar-refractivity contribution in [3.8, 4) is 0 Å². The molecule has 3 nitrogen and oxygen atoms in total. The zero-order chi connectivity index (χ0) is 10.5. The van der Waals surface area contributed by atoms with Gasteiger partial charge < -0.3 is 11.1 Å². The van der Waals surface area contributed by atoms with E-state index in [-0.39, 0.29) is 11.3 Å². The van der Waals surface area contributed by atoms with Crippen molar-refractivity contribution < 1.29 is 4.79 Å². The van der Waals surface area contributed by atoms with Gasteiger partial charge in [-0.2, -0.15) is 0 Å². The zero-order valence-electron chi connectivity index (χ0n) is 9.18. The maximum absolute atomic E-state index is 11.3. The lowest BCUT2D eigenvalue weighted by atomic mass is 9.94. The van der Waals surface area contributed by atoms with Gasteiger partial charge in [-0.25, -0.2) is 0 Å². The fraction of sp³-hybridized carbons (Fsp3) is 0.900. The van der Waals surface area contributed by atoms with E-state index in [0.717, 1.165) is 0 Å². The molecular weight excluding hydrogens is 164 g/mol. The van der Waals surface area contributed by atoms with Crippen LogP contribution in [0.3, 0.4) is 0 Å². The van der Waals surface area contributed by atoms with Crippen LogP contribution in [0.5, 0.6) is 0 Å². The van der Waals surface area contributed by atoms with Gasteiger partial charge in [-0.1, -0.05) is 27.7 Å². The van der Waals surface area contributed by atoms with E-state index in [9.17, 15) is 4.79 Å². The third-order valence-electron chi connectivity index (χ3n) is 1.91. The normalized spacial score (nSPS) is 11.8. The van der Waals surface area contributed by atoms with Crippen molar-refractivity contribution in [1.82, 2.24) is 5.32 Å². The standard InChI is InChI=1S/C10H22N2O/c1-8(2)5-9(13)12-7-10(3,4)6-11/h8H,5-7,11H2,1-4H3,(H,12,13). The van der Waals surface area contributed by atoms with Gasteiger partial charge in [-0.3, -0.25) is 4.79 Å². The number of rotatable bonds is 5. The van der Waals surface area contributed by atoms with Gasteiger partial charge in [0.05, 0.1) is 0 Å². The molecule has 13 heavy (non-hydrogen) atoms. The molecule has 0 radical (unpaired) electrons. The Kier molecular flexibility index (Phi) is 4.99. The molecule has 0 aliphatic carbocycles.